The van der Waals surface area contributed by atoms with Crippen molar-refractivity contribution in [2.24, 2.45) is 0 Å². The molecule has 0 aliphatic rings. The highest BCUT2D eigenvalue weighted by molar-refractivity contribution is 7.98. The van der Waals surface area contributed by atoms with Gasteiger partial charge in [-0.3, -0.25) is 9.59 Å². The second kappa shape index (κ2) is 9.16. The topological polar surface area (TPSA) is 76.9 Å². The van der Waals surface area contributed by atoms with Crippen LogP contribution in [0.15, 0.2) is 51.9 Å². The Morgan fingerprint density at radius 1 is 1.25 bits per heavy atom. The summed E-state index contributed by atoms with van der Waals surface area (Å²) in [4.78, 5) is 32.5. The van der Waals surface area contributed by atoms with Crippen molar-refractivity contribution < 1.29 is 4.79 Å². The van der Waals surface area contributed by atoms with Gasteiger partial charge in [-0.1, -0.05) is 30.0 Å². The summed E-state index contributed by atoms with van der Waals surface area (Å²) in [6.45, 7) is 6.05. The predicted molar refractivity (Wildman–Crippen MR) is 114 cm³/mol. The summed E-state index contributed by atoms with van der Waals surface area (Å²) < 4.78 is 1.97. The van der Waals surface area contributed by atoms with E-state index in [9.17, 15) is 9.59 Å². The summed E-state index contributed by atoms with van der Waals surface area (Å²) in [7, 11) is 0. The number of nitrogens with one attached hydrogen (secondary N) is 1. The molecule has 0 fully saturated rings. The minimum atomic E-state index is -0.244. The zero-order valence-electron chi connectivity index (χ0n) is 16.0. The standard InChI is InChI=1S/C20H22N4O2S2/c1-13(2)24-9-8-17(25)23-20(24)28-12-15-11-27-19(21-15)10-18(26)22-16-7-5-4-6-14(16)3/h4-9,11,13H,10,12H2,1-3H3,(H,22,26). The first-order valence-corrected chi connectivity index (χ1v) is 10.8. The number of hydrogen-bond acceptors (Lipinski definition) is 6. The summed E-state index contributed by atoms with van der Waals surface area (Å²) >= 11 is 2.94. The van der Waals surface area contributed by atoms with Gasteiger partial charge in [-0.25, -0.2) is 4.98 Å². The second-order valence-electron chi connectivity index (χ2n) is 6.61. The van der Waals surface area contributed by atoms with Crippen molar-refractivity contribution in [1.29, 1.82) is 0 Å². The number of aromatic nitrogens is 3. The lowest BCUT2D eigenvalue weighted by molar-refractivity contribution is -0.115. The van der Waals surface area contributed by atoms with Gasteiger partial charge in [0, 0.05) is 35.1 Å². The van der Waals surface area contributed by atoms with Crippen LogP contribution in [-0.4, -0.2) is 20.4 Å². The third kappa shape index (κ3) is 5.30. The first-order valence-electron chi connectivity index (χ1n) is 8.93. The number of nitrogens with zero attached hydrogens (tertiary/aromatic N) is 3. The molecule has 0 unspecified atom stereocenters. The highest BCUT2D eigenvalue weighted by atomic mass is 32.2. The van der Waals surface area contributed by atoms with E-state index < -0.39 is 0 Å². The molecule has 0 saturated carbocycles. The van der Waals surface area contributed by atoms with Crippen LogP contribution in [0.1, 0.15) is 36.2 Å². The number of carbonyl (C=O) groups excluding carboxylic acids is 1. The lowest BCUT2D eigenvalue weighted by Crippen LogP contribution is -2.15. The monoisotopic (exact) mass is 414 g/mol. The fourth-order valence-electron chi connectivity index (χ4n) is 2.58. The Balaban J connectivity index is 1.60. The van der Waals surface area contributed by atoms with E-state index in [4.69, 9.17) is 0 Å². The molecule has 0 aliphatic heterocycles. The molecule has 2 heterocycles. The van der Waals surface area contributed by atoms with Gasteiger partial charge in [0.2, 0.25) is 5.91 Å². The van der Waals surface area contributed by atoms with Gasteiger partial charge in [0.05, 0.1) is 12.1 Å². The van der Waals surface area contributed by atoms with Crippen LogP contribution in [0.3, 0.4) is 0 Å². The number of amides is 1. The molecule has 146 valence electrons. The highest BCUT2D eigenvalue weighted by Gasteiger charge is 2.12. The van der Waals surface area contributed by atoms with Crippen molar-refractivity contribution >= 4 is 34.7 Å². The fourth-order valence-corrected chi connectivity index (χ4v) is 4.47. The van der Waals surface area contributed by atoms with Crippen LogP contribution < -0.4 is 10.9 Å². The summed E-state index contributed by atoms with van der Waals surface area (Å²) in [6.07, 6.45) is 2.01. The van der Waals surface area contributed by atoms with E-state index in [1.807, 2.05) is 55.0 Å². The molecule has 2 aromatic heterocycles. The molecule has 6 nitrogen and oxygen atoms in total. The average Bonchev–Trinajstić information content (AvgIpc) is 3.09. The number of thioether (sulfide) groups is 1. The van der Waals surface area contributed by atoms with Gasteiger partial charge in [-0.15, -0.1) is 11.3 Å². The van der Waals surface area contributed by atoms with E-state index in [2.05, 4.69) is 15.3 Å². The van der Waals surface area contributed by atoms with Crippen molar-refractivity contribution in [1.82, 2.24) is 14.5 Å². The van der Waals surface area contributed by atoms with E-state index in [-0.39, 0.29) is 23.9 Å². The van der Waals surface area contributed by atoms with Crippen molar-refractivity contribution in [3.05, 3.63) is 68.5 Å². The molecule has 0 aliphatic carbocycles. The van der Waals surface area contributed by atoms with Gasteiger partial charge in [0.1, 0.15) is 5.01 Å². The van der Waals surface area contributed by atoms with Crippen LogP contribution in [0.25, 0.3) is 0 Å². The Morgan fingerprint density at radius 2 is 2.04 bits per heavy atom. The molecular weight excluding hydrogens is 392 g/mol. The molecule has 1 N–H and O–H groups in total. The molecule has 0 radical (unpaired) electrons. The van der Waals surface area contributed by atoms with Gasteiger partial charge in [0.15, 0.2) is 5.16 Å². The normalized spacial score (nSPS) is 11.0. The number of hydrogen-bond donors (Lipinski definition) is 1. The Hall–Kier alpha value is -2.45. The van der Waals surface area contributed by atoms with Crippen molar-refractivity contribution in [3.8, 4) is 0 Å². The molecule has 0 saturated heterocycles. The maximum Gasteiger partial charge on any atom is 0.273 e. The summed E-state index contributed by atoms with van der Waals surface area (Å²) in [5, 5.41) is 6.32. The molecule has 3 rings (SSSR count). The Labute approximate surface area is 172 Å². The van der Waals surface area contributed by atoms with E-state index in [0.29, 0.717) is 10.9 Å². The van der Waals surface area contributed by atoms with E-state index in [0.717, 1.165) is 22.0 Å². The van der Waals surface area contributed by atoms with Crippen LogP contribution in [-0.2, 0) is 17.0 Å². The van der Waals surface area contributed by atoms with E-state index in [1.165, 1.54) is 29.2 Å². The molecule has 28 heavy (non-hydrogen) atoms. The SMILES string of the molecule is Cc1ccccc1NC(=O)Cc1nc(CSc2nc(=O)ccn2C(C)C)cs1. The molecule has 1 amide bonds. The minimum absolute atomic E-state index is 0.0822. The molecule has 0 spiro atoms. The Morgan fingerprint density at radius 3 is 2.79 bits per heavy atom. The zero-order chi connectivity index (χ0) is 20.1. The van der Waals surface area contributed by atoms with Crippen molar-refractivity contribution in [3.63, 3.8) is 0 Å². The Kier molecular flexibility index (Phi) is 6.64. The van der Waals surface area contributed by atoms with Crippen LogP contribution in [0.4, 0.5) is 5.69 Å². The number of anilines is 1. The van der Waals surface area contributed by atoms with Gasteiger partial charge in [0.25, 0.3) is 5.56 Å². The first kappa shape index (κ1) is 20.3. The molecule has 0 atom stereocenters. The molecular formula is C20H22N4O2S2. The summed E-state index contributed by atoms with van der Waals surface area (Å²) in [5.41, 5.74) is 2.48. The smallest absolute Gasteiger partial charge is 0.273 e. The van der Waals surface area contributed by atoms with Gasteiger partial charge in [-0.2, -0.15) is 4.98 Å². The highest BCUT2D eigenvalue weighted by Crippen LogP contribution is 2.24. The van der Waals surface area contributed by atoms with E-state index in [1.54, 1.807) is 6.20 Å². The maximum absolute atomic E-state index is 12.3. The van der Waals surface area contributed by atoms with Gasteiger partial charge < -0.3 is 9.88 Å². The summed E-state index contributed by atoms with van der Waals surface area (Å²) in [5.74, 6) is 0.514. The molecule has 0 bridgehead atoms. The zero-order valence-corrected chi connectivity index (χ0v) is 17.6. The predicted octanol–water partition coefficient (Wildman–Crippen LogP) is 4.06. The number of carbonyl (C=O) groups is 1. The summed E-state index contributed by atoms with van der Waals surface area (Å²) in [6, 6.07) is 9.37. The lowest BCUT2D eigenvalue weighted by Gasteiger charge is -2.14. The third-order valence-electron chi connectivity index (χ3n) is 4.04. The van der Waals surface area contributed by atoms with E-state index >= 15 is 0 Å². The number of thiazole rings is 1. The number of para-hydroxylation sites is 1. The van der Waals surface area contributed by atoms with Gasteiger partial charge >= 0.3 is 0 Å². The van der Waals surface area contributed by atoms with Crippen LogP contribution >= 0.6 is 23.1 Å². The van der Waals surface area contributed by atoms with Crippen molar-refractivity contribution in [2.45, 2.75) is 44.1 Å². The molecule has 8 heteroatoms. The average molecular weight is 415 g/mol. The van der Waals surface area contributed by atoms with Crippen LogP contribution in [0, 0.1) is 6.92 Å². The van der Waals surface area contributed by atoms with Gasteiger partial charge in [-0.05, 0) is 32.4 Å². The molecule has 3 aromatic rings. The Bertz CT molecular complexity index is 1030. The largest absolute Gasteiger partial charge is 0.325 e. The van der Waals surface area contributed by atoms with Crippen LogP contribution in [0.5, 0.6) is 0 Å². The second-order valence-corrected chi connectivity index (χ2v) is 8.50. The fraction of sp³-hybridized carbons (Fsp3) is 0.300. The minimum Gasteiger partial charge on any atom is -0.325 e. The third-order valence-corrected chi connectivity index (χ3v) is 5.94. The number of aryl methyl sites for hydroxylation is 1. The van der Waals surface area contributed by atoms with Crippen molar-refractivity contribution in [2.75, 3.05) is 5.32 Å². The first-order chi connectivity index (χ1) is 13.4. The quantitative estimate of drug-likeness (QED) is 0.466. The maximum atomic E-state index is 12.3. The van der Waals surface area contributed by atoms with Crippen LogP contribution in [0.2, 0.25) is 0 Å². The number of rotatable bonds is 7. The molecule has 1 aromatic carbocycles. The lowest BCUT2D eigenvalue weighted by atomic mass is 10.2. The number of benzene rings is 1.